The minimum Gasteiger partial charge on any atom is -0.340 e. The van der Waals surface area contributed by atoms with Crippen LogP contribution in [0.5, 0.6) is 0 Å². The number of carbonyl (C=O) groups excluding carboxylic acids is 2. The second-order valence-corrected chi connectivity index (χ2v) is 7.38. The highest BCUT2D eigenvalue weighted by molar-refractivity contribution is 5.90. The van der Waals surface area contributed by atoms with Crippen LogP contribution in [0.25, 0.3) is 0 Å². The molecule has 2 aliphatic heterocycles. The van der Waals surface area contributed by atoms with Crippen LogP contribution in [-0.4, -0.2) is 47.3 Å². The zero-order valence-electron chi connectivity index (χ0n) is 13.9. The van der Waals surface area contributed by atoms with Crippen molar-refractivity contribution in [2.24, 2.45) is 5.41 Å². The van der Waals surface area contributed by atoms with E-state index in [1.807, 2.05) is 9.80 Å². The van der Waals surface area contributed by atoms with E-state index in [0.717, 1.165) is 32.4 Å². The quantitative estimate of drug-likeness (QED) is 0.707. The maximum atomic E-state index is 12.7. The summed E-state index contributed by atoms with van der Waals surface area (Å²) in [5.41, 5.74) is 0.141. The van der Waals surface area contributed by atoms with Gasteiger partial charge in [-0.15, -0.1) is 0 Å². The molecule has 2 fully saturated rings. The molecular formula is C17H30N2O2. The number of carbonyl (C=O) groups is 2. The van der Waals surface area contributed by atoms with Gasteiger partial charge >= 0.3 is 0 Å². The molecule has 0 spiro atoms. The van der Waals surface area contributed by atoms with E-state index in [4.69, 9.17) is 0 Å². The number of hydrogen-bond acceptors (Lipinski definition) is 2. The van der Waals surface area contributed by atoms with Crippen molar-refractivity contribution in [3.8, 4) is 0 Å². The van der Waals surface area contributed by atoms with Crippen LogP contribution in [0.1, 0.15) is 65.7 Å². The van der Waals surface area contributed by atoms with Gasteiger partial charge in [0.15, 0.2) is 0 Å². The Kier molecular flexibility index (Phi) is 5.28. The van der Waals surface area contributed by atoms with E-state index in [0.29, 0.717) is 13.0 Å². The first-order valence-electron chi connectivity index (χ1n) is 8.53. The number of amides is 2. The molecule has 0 aromatic rings. The van der Waals surface area contributed by atoms with Crippen LogP contribution in [0.2, 0.25) is 0 Å². The molecule has 0 aromatic heterocycles. The molecule has 2 aliphatic rings. The van der Waals surface area contributed by atoms with Crippen molar-refractivity contribution in [3.05, 3.63) is 0 Å². The Hall–Kier alpha value is -1.06. The summed E-state index contributed by atoms with van der Waals surface area (Å²) >= 11 is 0. The molecule has 0 radical (unpaired) electrons. The average Bonchev–Trinajstić information content (AvgIpc) is 2.88. The third-order valence-electron chi connectivity index (χ3n) is 4.84. The van der Waals surface area contributed by atoms with Gasteiger partial charge in [-0.3, -0.25) is 9.59 Å². The second kappa shape index (κ2) is 6.80. The van der Waals surface area contributed by atoms with Crippen LogP contribution >= 0.6 is 0 Å². The minimum absolute atomic E-state index is 0.141. The smallest absolute Gasteiger partial charge is 0.245 e. The fraction of sp³-hybridized carbons (Fsp3) is 0.882. The summed E-state index contributed by atoms with van der Waals surface area (Å²) in [5, 5.41) is 0. The molecule has 21 heavy (non-hydrogen) atoms. The van der Waals surface area contributed by atoms with Gasteiger partial charge in [0, 0.05) is 26.1 Å². The van der Waals surface area contributed by atoms with E-state index < -0.39 is 0 Å². The van der Waals surface area contributed by atoms with E-state index in [-0.39, 0.29) is 23.3 Å². The van der Waals surface area contributed by atoms with E-state index >= 15 is 0 Å². The first kappa shape index (κ1) is 16.3. The topological polar surface area (TPSA) is 40.6 Å². The molecule has 0 bridgehead atoms. The Balaban J connectivity index is 1.98. The monoisotopic (exact) mass is 294 g/mol. The van der Waals surface area contributed by atoms with Crippen molar-refractivity contribution in [1.82, 2.24) is 9.80 Å². The Morgan fingerprint density at radius 1 is 1.19 bits per heavy atom. The number of fused-ring (bicyclic) bond motifs is 1. The first-order valence-corrected chi connectivity index (χ1v) is 8.53. The van der Waals surface area contributed by atoms with Crippen LogP contribution in [0.15, 0.2) is 0 Å². The SMILES string of the molecule is CCCCCC(C)(C)CN1CCC(=O)N2CCCC2C1=O. The number of rotatable bonds is 6. The molecule has 2 saturated heterocycles. The summed E-state index contributed by atoms with van der Waals surface area (Å²) in [7, 11) is 0. The van der Waals surface area contributed by atoms with Gasteiger partial charge in [0.05, 0.1) is 0 Å². The molecular weight excluding hydrogens is 264 g/mol. The molecule has 120 valence electrons. The summed E-state index contributed by atoms with van der Waals surface area (Å²) in [6.07, 6.45) is 7.16. The average molecular weight is 294 g/mol. The predicted octanol–water partition coefficient (Wildman–Crippen LogP) is 2.82. The van der Waals surface area contributed by atoms with E-state index in [1.54, 1.807) is 0 Å². The zero-order chi connectivity index (χ0) is 15.5. The minimum atomic E-state index is -0.175. The molecule has 2 amide bonds. The van der Waals surface area contributed by atoms with Crippen LogP contribution in [0.3, 0.4) is 0 Å². The van der Waals surface area contributed by atoms with Gasteiger partial charge in [0.1, 0.15) is 6.04 Å². The van der Waals surface area contributed by atoms with Crippen LogP contribution in [0, 0.1) is 5.41 Å². The van der Waals surface area contributed by atoms with Crippen molar-refractivity contribution in [2.75, 3.05) is 19.6 Å². The van der Waals surface area contributed by atoms with Crippen LogP contribution in [0.4, 0.5) is 0 Å². The van der Waals surface area contributed by atoms with Gasteiger partial charge in [0.2, 0.25) is 11.8 Å². The lowest BCUT2D eigenvalue weighted by Crippen LogP contribution is -2.46. The van der Waals surface area contributed by atoms with E-state index in [2.05, 4.69) is 20.8 Å². The maximum absolute atomic E-state index is 12.7. The normalized spacial score (nSPS) is 23.5. The predicted molar refractivity (Wildman–Crippen MR) is 83.9 cm³/mol. The molecule has 0 saturated carbocycles. The highest BCUT2D eigenvalue weighted by Gasteiger charge is 2.40. The van der Waals surface area contributed by atoms with E-state index in [9.17, 15) is 9.59 Å². The summed E-state index contributed by atoms with van der Waals surface area (Å²) in [5.74, 6) is 0.346. The first-order chi connectivity index (χ1) is 9.94. The highest BCUT2D eigenvalue weighted by atomic mass is 16.2. The fourth-order valence-electron chi connectivity index (χ4n) is 3.62. The molecule has 1 unspecified atom stereocenters. The molecule has 2 rings (SSSR count). The van der Waals surface area contributed by atoms with Gasteiger partial charge in [0.25, 0.3) is 0 Å². The molecule has 4 nitrogen and oxygen atoms in total. The fourth-order valence-corrected chi connectivity index (χ4v) is 3.62. The van der Waals surface area contributed by atoms with Gasteiger partial charge in [-0.2, -0.15) is 0 Å². The zero-order valence-corrected chi connectivity index (χ0v) is 13.9. The van der Waals surface area contributed by atoms with Crippen molar-refractivity contribution in [2.45, 2.75) is 71.8 Å². The Morgan fingerprint density at radius 2 is 1.95 bits per heavy atom. The van der Waals surface area contributed by atoms with Crippen molar-refractivity contribution < 1.29 is 9.59 Å². The Labute approximate surface area is 128 Å². The lowest BCUT2D eigenvalue weighted by molar-refractivity contribution is -0.140. The maximum Gasteiger partial charge on any atom is 0.245 e. The molecule has 0 N–H and O–H groups in total. The number of nitrogens with zero attached hydrogens (tertiary/aromatic N) is 2. The van der Waals surface area contributed by atoms with Gasteiger partial charge in [-0.05, 0) is 24.7 Å². The summed E-state index contributed by atoms with van der Waals surface area (Å²) in [4.78, 5) is 28.6. The summed E-state index contributed by atoms with van der Waals surface area (Å²) in [6.45, 7) is 8.85. The molecule has 0 aliphatic carbocycles. The molecule has 1 atom stereocenters. The Bertz CT molecular complexity index is 392. The van der Waals surface area contributed by atoms with E-state index in [1.165, 1.54) is 19.3 Å². The van der Waals surface area contributed by atoms with Gasteiger partial charge in [-0.1, -0.05) is 40.0 Å². The van der Waals surface area contributed by atoms with Crippen molar-refractivity contribution >= 4 is 11.8 Å². The van der Waals surface area contributed by atoms with Crippen LogP contribution < -0.4 is 0 Å². The lowest BCUT2D eigenvalue weighted by Gasteiger charge is -2.33. The number of unbranched alkanes of at least 4 members (excludes halogenated alkanes) is 2. The summed E-state index contributed by atoms with van der Waals surface area (Å²) in [6, 6.07) is -0.175. The second-order valence-electron chi connectivity index (χ2n) is 7.38. The summed E-state index contributed by atoms with van der Waals surface area (Å²) < 4.78 is 0. The lowest BCUT2D eigenvalue weighted by atomic mass is 9.86. The third-order valence-corrected chi connectivity index (χ3v) is 4.84. The largest absolute Gasteiger partial charge is 0.340 e. The Morgan fingerprint density at radius 3 is 2.67 bits per heavy atom. The standard InChI is InChI=1S/C17H30N2O2/c1-4-5-6-10-17(2,3)13-18-12-9-15(20)19-11-7-8-14(19)16(18)21/h14H,4-13H2,1-3H3. The van der Waals surface area contributed by atoms with Gasteiger partial charge < -0.3 is 9.80 Å². The highest BCUT2D eigenvalue weighted by Crippen LogP contribution is 2.29. The molecule has 0 aromatic carbocycles. The molecule has 4 heteroatoms. The van der Waals surface area contributed by atoms with Gasteiger partial charge in [-0.25, -0.2) is 0 Å². The number of hydrogen-bond donors (Lipinski definition) is 0. The van der Waals surface area contributed by atoms with Crippen molar-refractivity contribution in [3.63, 3.8) is 0 Å². The van der Waals surface area contributed by atoms with Crippen LogP contribution in [-0.2, 0) is 9.59 Å². The van der Waals surface area contributed by atoms with Crippen molar-refractivity contribution in [1.29, 1.82) is 0 Å². The third kappa shape index (κ3) is 3.98. The molecule has 2 heterocycles.